The van der Waals surface area contributed by atoms with E-state index in [1.165, 1.54) is 18.4 Å². The summed E-state index contributed by atoms with van der Waals surface area (Å²) in [5.74, 6) is 2.00. The first kappa shape index (κ1) is 19.1. The summed E-state index contributed by atoms with van der Waals surface area (Å²) in [6.07, 6.45) is 4.72. The topological polar surface area (TPSA) is 36.9 Å². The monoisotopic (exact) mass is 417 g/mol. The number of aryl methyl sites for hydroxylation is 1. The molecule has 0 amide bonds. The highest BCUT2D eigenvalue weighted by molar-refractivity contribution is 14.0. The third kappa shape index (κ3) is 6.02. The molecular formula is C17H28IN3O. The van der Waals surface area contributed by atoms with Gasteiger partial charge in [-0.25, -0.2) is 0 Å². The molecule has 1 fully saturated rings. The van der Waals surface area contributed by atoms with Crippen molar-refractivity contribution < 1.29 is 4.74 Å². The minimum atomic E-state index is 0. The second kappa shape index (κ2) is 10.7. The van der Waals surface area contributed by atoms with Gasteiger partial charge in [-0.3, -0.25) is 4.99 Å². The third-order valence-corrected chi connectivity index (χ3v) is 3.78. The Hall–Kier alpha value is -0.980. The van der Waals surface area contributed by atoms with Gasteiger partial charge in [0.2, 0.25) is 0 Å². The minimum Gasteiger partial charge on any atom is -0.497 e. The number of hydrogen-bond acceptors (Lipinski definition) is 2. The van der Waals surface area contributed by atoms with Gasteiger partial charge in [0.1, 0.15) is 5.75 Å². The Kier molecular flexibility index (Phi) is 9.27. The zero-order chi connectivity index (χ0) is 14.9. The van der Waals surface area contributed by atoms with Gasteiger partial charge in [-0.05, 0) is 50.3 Å². The molecule has 0 aliphatic carbocycles. The smallest absolute Gasteiger partial charge is 0.193 e. The SMILES string of the molecule is CCNC(=NCCCc1ccc(OC)cc1)N1CCCC1.I. The summed E-state index contributed by atoms with van der Waals surface area (Å²) in [6, 6.07) is 8.31. The minimum absolute atomic E-state index is 0. The van der Waals surface area contributed by atoms with Crippen LogP contribution in [0.3, 0.4) is 0 Å². The molecule has 1 heterocycles. The summed E-state index contributed by atoms with van der Waals surface area (Å²) in [4.78, 5) is 7.12. The van der Waals surface area contributed by atoms with E-state index < -0.39 is 0 Å². The molecule has 0 spiro atoms. The van der Waals surface area contributed by atoms with Crippen LogP contribution in [0.1, 0.15) is 31.7 Å². The molecule has 124 valence electrons. The van der Waals surface area contributed by atoms with Crippen molar-refractivity contribution in [3.8, 4) is 5.75 Å². The fraction of sp³-hybridized carbons (Fsp3) is 0.588. The third-order valence-electron chi connectivity index (χ3n) is 3.78. The van der Waals surface area contributed by atoms with E-state index in [0.29, 0.717) is 0 Å². The van der Waals surface area contributed by atoms with Gasteiger partial charge in [0.15, 0.2) is 5.96 Å². The molecule has 0 bridgehead atoms. The maximum absolute atomic E-state index is 5.17. The van der Waals surface area contributed by atoms with E-state index >= 15 is 0 Å². The number of methoxy groups -OCH3 is 1. The summed E-state index contributed by atoms with van der Waals surface area (Å²) in [7, 11) is 1.70. The van der Waals surface area contributed by atoms with Crippen LogP contribution in [0.25, 0.3) is 0 Å². The van der Waals surface area contributed by atoms with E-state index in [1.807, 2.05) is 12.1 Å². The zero-order valence-electron chi connectivity index (χ0n) is 13.7. The first-order chi connectivity index (χ1) is 10.3. The number of guanidine groups is 1. The van der Waals surface area contributed by atoms with Crippen molar-refractivity contribution >= 4 is 29.9 Å². The maximum atomic E-state index is 5.17. The Labute approximate surface area is 151 Å². The van der Waals surface area contributed by atoms with Crippen molar-refractivity contribution in [2.24, 2.45) is 4.99 Å². The highest BCUT2D eigenvalue weighted by Gasteiger charge is 2.14. The molecule has 0 saturated carbocycles. The number of rotatable bonds is 6. The molecule has 1 aromatic carbocycles. The highest BCUT2D eigenvalue weighted by Crippen LogP contribution is 2.12. The molecule has 1 saturated heterocycles. The first-order valence-corrected chi connectivity index (χ1v) is 7.99. The summed E-state index contributed by atoms with van der Waals surface area (Å²) < 4.78 is 5.17. The van der Waals surface area contributed by atoms with Crippen LogP contribution in [-0.2, 0) is 6.42 Å². The number of aliphatic imine (C=N–C) groups is 1. The molecule has 22 heavy (non-hydrogen) atoms. The van der Waals surface area contributed by atoms with Crippen LogP contribution < -0.4 is 10.1 Å². The number of likely N-dealkylation sites (tertiary alicyclic amines) is 1. The molecule has 4 nitrogen and oxygen atoms in total. The Morgan fingerprint density at radius 3 is 2.50 bits per heavy atom. The van der Waals surface area contributed by atoms with Crippen molar-refractivity contribution in [2.45, 2.75) is 32.6 Å². The van der Waals surface area contributed by atoms with Gasteiger partial charge in [0, 0.05) is 26.2 Å². The standard InChI is InChI=1S/C17H27N3O.HI/c1-3-18-17(20-13-4-5-14-20)19-12-6-7-15-8-10-16(21-2)11-9-15;/h8-11H,3-7,12-14H2,1-2H3,(H,18,19);1H. The van der Waals surface area contributed by atoms with E-state index in [1.54, 1.807) is 7.11 Å². The molecule has 2 rings (SSSR count). The van der Waals surface area contributed by atoms with E-state index in [4.69, 9.17) is 9.73 Å². The normalized spacial score (nSPS) is 14.6. The van der Waals surface area contributed by atoms with Gasteiger partial charge in [-0.2, -0.15) is 0 Å². The molecule has 5 heteroatoms. The molecule has 1 aromatic rings. The Balaban J connectivity index is 0.00000242. The van der Waals surface area contributed by atoms with Crippen LogP contribution in [0.15, 0.2) is 29.3 Å². The molecule has 0 aromatic heterocycles. The fourth-order valence-electron chi connectivity index (χ4n) is 2.62. The molecule has 0 atom stereocenters. The van der Waals surface area contributed by atoms with Crippen molar-refractivity contribution in [1.82, 2.24) is 10.2 Å². The predicted molar refractivity (Wildman–Crippen MR) is 104 cm³/mol. The van der Waals surface area contributed by atoms with Gasteiger partial charge >= 0.3 is 0 Å². The zero-order valence-corrected chi connectivity index (χ0v) is 16.0. The second-order valence-electron chi connectivity index (χ2n) is 5.38. The number of nitrogens with zero attached hydrogens (tertiary/aromatic N) is 2. The first-order valence-electron chi connectivity index (χ1n) is 7.99. The summed E-state index contributed by atoms with van der Waals surface area (Å²) in [5, 5.41) is 3.40. The van der Waals surface area contributed by atoms with Crippen LogP contribution in [0.4, 0.5) is 0 Å². The molecule has 0 radical (unpaired) electrons. The number of ether oxygens (including phenoxy) is 1. The van der Waals surface area contributed by atoms with E-state index in [2.05, 4.69) is 29.3 Å². The highest BCUT2D eigenvalue weighted by atomic mass is 127. The number of hydrogen-bond donors (Lipinski definition) is 1. The number of nitrogens with one attached hydrogen (secondary N) is 1. The summed E-state index contributed by atoms with van der Waals surface area (Å²) in [5.41, 5.74) is 1.34. The van der Waals surface area contributed by atoms with Crippen LogP contribution in [0.5, 0.6) is 5.75 Å². The van der Waals surface area contributed by atoms with Gasteiger partial charge in [-0.1, -0.05) is 12.1 Å². The van der Waals surface area contributed by atoms with Crippen molar-refractivity contribution in [1.29, 1.82) is 0 Å². The van der Waals surface area contributed by atoms with Crippen LogP contribution >= 0.6 is 24.0 Å². The molecular weight excluding hydrogens is 389 g/mol. The Morgan fingerprint density at radius 2 is 1.91 bits per heavy atom. The maximum Gasteiger partial charge on any atom is 0.193 e. The molecule has 1 aliphatic rings. The van der Waals surface area contributed by atoms with E-state index in [-0.39, 0.29) is 24.0 Å². The Bertz CT molecular complexity index is 442. The summed E-state index contributed by atoms with van der Waals surface area (Å²) >= 11 is 0. The van der Waals surface area contributed by atoms with Gasteiger partial charge in [0.05, 0.1) is 7.11 Å². The lowest BCUT2D eigenvalue weighted by Gasteiger charge is -2.20. The van der Waals surface area contributed by atoms with Gasteiger partial charge < -0.3 is 15.0 Å². The van der Waals surface area contributed by atoms with Crippen molar-refractivity contribution in [2.75, 3.05) is 33.3 Å². The molecule has 1 N–H and O–H groups in total. The van der Waals surface area contributed by atoms with Crippen molar-refractivity contribution in [3.63, 3.8) is 0 Å². The second-order valence-corrected chi connectivity index (χ2v) is 5.38. The van der Waals surface area contributed by atoms with Crippen molar-refractivity contribution in [3.05, 3.63) is 29.8 Å². The largest absolute Gasteiger partial charge is 0.497 e. The predicted octanol–water partition coefficient (Wildman–Crippen LogP) is 3.31. The number of halogens is 1. The Morgan fingerprint density at radius 1 is 1.23 bits per heavy atom. The lowest BCUT2D eigenvalue weighted by Crippen LogP contribution is -2.39. The molecule has 1 aliphatic heterocycles. The lowest BCUT2D eigenvalue weighted by atomic mass is 10.1. The van der Waals surface area contributed by atoms with Gasteiger partial charge in [-0.15, -0.1) is 24.0 Å². The average Bonchev–Trinajstić information content (AvgIpc) is 3.05. The van der Waals surface area contributed by atoms with Crippen LogP contribution in [-0.4, -0.2) is 44.1 Å². The summed E-state index contributed by atoms with van der Waals surface area (Å²) in [6.45, 7) is 6.23. The lowest BCUT2D eigenvalue weighted by molar-refractivity contribution is 0.414. The van der Waals surface area contributed by atoms with Crippen LogP contribution in [0.2, 0.25) is 0 Å². The van der Waals surface area contributed by atoms with Gasteiger partial charge in [0.25, 0.3) is 0 Å². The molecule has 0 unspecified atom stereocenters. The quantitative estimate of drug-likeness (QED) is 0.334. The number of benzene rings is 1. The average molecular weight is 417 g/mol. The van der Waals surface area contributed by atoms with E-state index in [9.17, 15) is 0 Å². The van der Waals surface area contributed by atoms with E-state index in [0.717, 1.165) is 50.7 Å². The fourth-order valence-corrected chi connectivity index (χ4v) is 2.62. The van der Waals surface area contributed by atoms with Crippen LogP contribution in [0, 0.1) is 0 Å².